The number of allylic oxidation sites excluding steroid dienone is 2. The fraction of sp³-hybridized carbons (Fsp3) is 0.724. The average Bonchev–Trinajstić information content (AvgIpc) is 3.71. The second kappa shape index (κ2) is 10.9. The predicted octanol–water partition coefficient (Wildman–Crippen LogP) is 3.76. The number of carbonyl (C=O) groups excluding carboxylic acids is 2. The normalized spacial score (nSPS) is 41.2. The van der Waals surface area contributed by atoms with Crippen molar-refractivity contribution in [3.63, 3.8) is 0 Å². The van der Waals surface area contributed by atoms with Crippen LogP contribution in [0.5, 0.6) is 0 Å². The maximum absolute atomic E-state index is 13.3. The quantitative estimate of drug-likeness (QED) is 0.221. The minimum atomic E-state index is -1.26. The van der Waals surface area contributed by atoms with Crippen LogP contribution in [0.3, 0.4) is 0 Å². The number of epoxide rings is 1. The molecule has 3 fully saturated rings. The minimum Gasteiger partial charge on any atom is -0.468 e. The number of aliphatic hydroxyl groups excluding tert-OH is 2. The number of ketones is 1. The Labute approximate surface area is 220 Å². The summed E-state index contributed by atoms with van der Waals surface area (Å²) < 4.78 is 17.2. The lowest BCUT2D eigenvalue weighted by molar-refractivity contribution is -0.154. The maximum Gasteiger partial charge on any atom is 0.309 e. The van der Waals surface area contributed by atoms with Gasteiger partial charge in [0.15, 0.2) is 0 Å². The highest BCUT2D eigenvalue weighted by Gasteiger charge is 2.58. The van der Waals surface area contributed by atoms with Gasteiger partial charge in [0.25, 0.3) is 0 Å². The highest BCUT2D eigenvalue weighted by atomic mass is 16.6. The van der Waals surface area contributed by atoms with E-state index in [9.17, 15) is 19.8 Å². The van der Waals surface area contributed by atoms with E-state index in [0.717, 1.165) is 12.8 Å². The zero-order chi connectivity index (χ0) is 27.9. The maximum atomic E-state index is 13.3. The van der Waals surface area contributed by atoms with Gasteiger partial charge in [-0.05, 0) is 63.0 Å². The largest absolute Gasteiger partial charge is 0.468 e. The Balaban J connectivity index is 1.87. The first-order valence-electron chi connectivity index (χ1n) is 13.3. The highest BCUT2D eigenvalue weighted by molar-refractivity contribution is 5.88. The number of cyclic esters (lactones) is 1. The van der Waals surface area contributed by atoms with Gasteiger partial charge in [-0.1, -0.05) is 34.3 Å². The third kappa shape index (κ3) is 6.84. The van der Waals surface area contributed by atoms with E-state index in [2.05, 4.69) is 13.5 Å². The first-order chi connectivity index (χ1) is 17.1. The molecule has 8 nitrogen and oxygen atoms in total. The van der Waals surface area contributed by atoms with Crippen molar-refractivity contribution in [3.05, 3.63) is 35.9 Å². The Bertz CT molecular complexity index is 969. The molecule has 208 valence electrons. The lowest BCUT2D eigenvalue weighted by atomic mass is 9.72. The Hall–Kier alpha value is -2.16. The van der Waals surface area contributed by atoms with Crippen LogP contribution in [0, 0.1) is 29.1 Å². The zero-order valence-electron chi connectivity index (χ0n) is 23.3. The van der Waals surface area contributed by atoms with E-state index in [4.69, 9.17) is 19.9 Å². The summed E-state index contributed by atoms with van der Waals surface area (Å²) in [6.45, 7) is 16.2. The smallest absolute Gasteiger partial charge is 0.309 e. The number of ether oxygens (including phenoxy) is 3. The van der Waals surface area contributed by atoms with Crippen LogP contribution >= 0.6 is 0 Å². The fourth-order valence-corrected chi connectivity index (χ4v) is 5.75. The number of esters is 1. The summed E-state index contributed by atoms with van der Waals surface area (Å²) in [5.41, 5.74) is 5.55. The molecule has 3 rings (SSSR count). The molecule has 37 heavy (non-hydrogen) atoms. The van der Waals surface area contributed by atoms with Crippen molar-refractivity contribution in [3.8, 4) is 0 Å². The van der Waals surface area contributed by atoms with E-state index >= 15 is 0 Å². The molecule has 8 heteroatoms. The summed E-state index contributed by atoms with van der Waals surface area (Å²) >= 11 is 0. The van der Waals surface area contributed by atoms with Gasteiger partial charge < -0.3 is 30.2 Å². The molecule has 2 aliphatic heterocycles. The zero-order valence-corrected chi connectivity index (χ0v) is 23.3. The Morgan fingerprint density at radius 3 is 2.43 bits per heavy atom. The van der Waals surface area contributed by atoms with Gasteiger partial charge in [0.2, 0.25) is 0 Å². The Morgan fingerprint density at radius 1 is 1.16 bits per heavy atom. The Morgan fingerprint density at radius 2 is 1.81 bits per heavy atom. The van der Waals surface area contributed by atoms with Gasteiger partial charge in [0, 0.05) is 12.3 Å². The molecule has 9 atom stereocenters. The lowest BCUT2D eigenvalue weighted by Gasteiger charge is -2.34. The van der Waals surface area contributed by atoms with Crippen LogP contribution in [0.4, 0.5) is 0 Å². The number of hydrogen-bond donors (Lipinski definition) is 3. The number of carbonyl (C=O) groups is 2. The van der Waals surface area contributed by atoms with Gasteiger partial charge in [-0.2, -0.15) is 0 Å². The fourth-order valence-electron chi connectivity index (χ4n) is 5.75. The standard InChI is InChI=1S/C29H45NO7/c1-15(2)35-14-20(30)9-16(3)22-11-24-29(8,37-24)13-19-10-21(19)17(4)26(33)18(5)27(34)28(6,7)23(31)12-25(32)36-22/h9,14,17-19,21-24,26,31,33H,1,10-13,30H2,2-8H3/b16-9+,20-14-/t17-,18+,19?,21?,22-,23-,24?,26-,29?/m0/s1. The van der Waals surface area contributed by atoms with Gasteiger partial charge in [-0.25, -0.2) is 0 Å². The van der Waals surface area contributed by atoms with Gasteiger partial charge in [0.1, 0.15) is 18.1 Å². The van der Waals surface area contributed by atoms with Crippen LogP contribution in [0.25, 0.3) is 0 Å². The van der Waals surface area contributed by atoms with Crippen molar-refractivity contribution in [1.29, 1.82) is 0 Å². The van der Waals surface area contributed by atoms with Crippen LogP contribution in [-0.2, 0) is 23.8 Å². The number of hydrogen-bond acceptors (Lipinski definition) is 8. The molecule has 0 aromatic carbocycles. The van der Waals surface area contributed by atoms with E-state index in [0.29, 0.717) is 35.3 Å². The van der Waals surface area contributed by atoms with E-state index in [-0.39, 0.29) is 29.8 Å². The van der Waals surface area contributed by atoms with Gasteiger partial charge >= 0.3 is 5.97 Å². The first kappa shape index (κ1) is 29.4. The summed E-state index contributed by atoms with van der Waals surface area (Å²) in [5.74, 6) is -0.385. The lowest BCUT2D eigenvalue weighted by Crippen LogP contribution is -2.46. The summed E-state index contributed by atoms with van der Waals surface area (Å²) in [7, 11) is 0. The summed E-state index contributed by atoms with van der Waals surface area (Å²) in [4.78, 5) is 26.3. The SMILES string of the molecule is C=C(C)O/C=C(N)/C=C(\C)[C@@H]1CC2OC2(C)CC2CC2[C@H](C)[C@H](O)[C@@H](C)C(=O)C(C)(C)[C@@H](O)CC(=O)O1. The van der Waals surface area contributed by atoms with E-state index < -0.39 is 35.6 Å². The van der Waals surface area contributed by atoms with Crippen LogP contribution in [-0.4, -0.2) is 52.0 Å². The molecule has 0 radical (unpaired) electrons. The van der Waals surface area contributed by atoms with Gasteiger partial charge in [-0.3, -0.25) is 9.59 Å². The van der Waals surface area contributed by atoms with Crippen molar-refractivity contribution in [2.24, 2.45) is 34.8 Å². The van der Waals surface area contributed by atoms with Crippen molar-refractivity contribution in [2.45, 2.75) is 104 Å². The number of nitrogens with two attached hydrogens (primary N) is 1. The molecule has 2 heterocycles. The molecule has 4 N–H and O–H groups in total. The molecule has 3 aliphatic rings. The number of Topliss-reactive ketones (excluding diaryl/α,β-unsaturated/α-hetero) is 1. The summed E-state index contributed by atoms with van der Waals surface area (Å²) in [6, 6.07) is 0. The third-order valence-electron chi connectivity index (χ3n) is 8.65. The van der Waals surface area contributed by atoms with Crippen molar-refractivity contribution >= 4 is 11.8 Å². The average molecular weight is 520 g/mol. The highest BCUT2D eigenvalue weighted by Crippen LogP contribution is 2.56. The first-order valence-corrected chi connectivity index (χ1v) is 13.3. The van der Waals surface area contributed by atoms with E-state index in [1.807, 2.05) is 13.8 Å². The summed E-state index contributed by atoms with van der Waals surface area (Å²) in [6.07, 6.45) is 2.20. The topological polar surface area (TPSA) is 132 Å². The van der Waals surface area contributed by atoms with Crippen LogP contribution in [0.15, 0.2) is 35.9 Å². The van der Waals surface area contributed by atoms with Crippen LogP contribution in [0.2, 0.25) is 0 Å². The molecule has 0 amide bonds. The summed E-state index contributed by atoms with van der Waals surface area (Å²) in [5, 5.41) is 21.9. The second-order valence-electron chi connectivity index (χ2n) is 12.3. The van der Waals surface area contributed by atoms with Crippen LogP contribution in [0.1, 0.15) is 74.1 Å². The second-order valence-corrected chi connectivity index (χ2v) is 12.3. The number of fused-ring (bicyclic) bond motifs is 2. The van der Waals surface area contributed by atoms with Gasteiger partial charge in [-0.15, -0.1) is 0 Å². The van der Waals surface area contributed by atoms with E-state index in [1.165, 1.54) is 6.26 Å². The molecule has 1 saturated carbocycles. The van der Waals surface area contributed by atoms with E-state index in [1.54, 1.807) is 33.8 Å². The number of aliphatic hydroxyl groups is 2. The molecule has 0 aromatic rings. The molecule has 2 saturated heterocycles. The molecule has 0 aromatic heterocycles. The van der Waals surface area contributed by atoms with Crippen molar-refractivity contribution in [1.82, 2.24) is 0 Å². The van der Waals surface area contributed by atoms with Gasteiger partial charge in [0.05, 0.1) is 47.2 Å². The molecular weight excluding hydrogens is 474 g/mol. The van der Waals surface area contributed by atoms with Crippen molar-refractivity contribution < 1.29 is 34.0 Å². The third-order valence-corrected chi connectivity index (χ3v) is 8.65. The molecule has 0 spiro atoms. The van der Waals surface area contributed by atoms with Crippen LogP contribution < -0.4 is 5.73 Å². The monoisotopic (exact) mass is 519 g/mol. The van der Waals surface area contributed by atoms with Crippen molar-refractivity contribution in [2.75, 3.05) is 0 Å². The molecule has 1 aliphatic carbocycles. The molecule has 4 unspecified atom stereocenters. The minimum absolute atomic E-state index is 0.0512. The number of rotatable bonds is 4. The molecule has 0 bridgehead atoms. The predicted molar refractivity (Wildman–Crippen MR) is 140 cm³/mol. The molecular formula is C29H45NO7. The Kier molecular flexibility index (Phi) is 8.67.